The first kappa shape index (κ1) is 12.8. The van der Waals surface area contributed by atoms with Gasteiger partial charge < -0.3 is 5.11 Å². The molecule has 1 unspecified atom stereocenters. The molecule has 0 spiro atoms. The molecule has 17 heavy (non-hydrogen) atoms. The molecule has 1 aliphatic rings. The van der Waals surface area contributed by atoms with Gasteiger partial charge in [0.2, 0.25) is 0 Å². The minimum Gasteiger partial charge on any atom is -0.384 e. The maximum Gasteiger partial charge on any atom is 0.124 e. The lowest BCUT2D eigenvalue weighted by atomic mass is 9.98. The molecule has 0 bridgehead atoms. The number of hydrogen-bond donors (Lipinski definition) is 1. The van der Waals surface area contributed by atoms with Gasteiger partial charge in [-0.15, -0.1) is 0 Å². The predicted molar refractivity (Wildman–Crippen MR) is 70.2 cm³/mol. The van der Waals surface area contributed by atoms with Crippen molar-refractivity contribution in [3.05, 3.63) is 45.7 Å². The van der Waals surface area contributed by atoms with Crippen molar-refractivity contribution in [3.8, 4) is 0 Å². The zero-order valence-corrected chi connectivity index (χ0v) is 11.2. The molecule has 0 amide bonds. The van der Waals surface area contributed by atoms with Crippen molar-refractivity contribution in [2.45, 2.75) is 38.2 Å². The summed E-state index contributed by atoms with van der Waals surface area (Å²) in [5, 5.41) is 10.3. The molecular formula is C14H16BrFO. The van der Waals surface area contributed by atoms with Gasteiger partial charge in [0.25, 0.3) is 0 Å². The number of rotatable bonds is 2. The van der Waals surface area contributed by atoms with Crippen molar-refractivity contribution < 1.29 is 9.50 Å². The van der Waals surface area contributed by atoms with Crippen LogP contribution in [0.2, 0.25) is 0 Å². The third-order valence-corrected chi connectivity index (χ3v) is 3.87. The quantitative estimate of drug-likeness (QED) is 0.796. The first-order valence-corrected chi connectivity index (χ1v) is 6.80. The van der Waals surface area contributed by atoms with E-state index in [1.807, 2.05) is 0 Å². The first-order valence-electron chi connectivity index (χ1n) is 6.00. The van der Waals surface area contributed by atoms with Crippen LogP contribution in [0.4, 0.5) is 4.39 Å². The Kier molecular flexibility index (Phi) is 4.35. The first-order chi connectivity index (χ1) is 8.18. The summed E-state index contributed by atoms with van der Waals surface area (Å²) in [6.07, 6.45) is 7.03. The predicted octanol–water partition coefficient (Wildman–Crippen LogP) is 4.51. The highest BCUT2D eigenvalue weighted by Crippen LogP contribution is 2.33. The van der Waals surface area contributed by atoms with Crippen LogP contribution in [-0.4, -0.2) is 5.11 Å². The third-order valence-electron chi connectivity index (χ3n) is 3.18. The Morgan fingerprint density at radius 2 is 2.06 bits per heavy atom. The molecule has 0 aromatic heterocycles. The molecule has 1 aromatic rings. The van der Waals surface area contributed by atoms with Crippen molar-refractivity contribution >= 4 is 15.9 Å². The molecule has 0 fully saturated rings. The number of aliphatic hydroxyl groups is 1. The van der Waals surface area contributed by atoms with Crippen molar-refractivity contribution in [1.29, 1.82) is 0 Å². The highest BCUT2D eigenvalue weighted by Gasteiger charge is 2.17. The van der Waals surface area contributed by atoms with E-state index in [4.69, 9.17) is 0 Å². The van der Waals surface area contributed by atoms with E-state index in [1.165, 1.54) is 25.0 Å². The lowest BCUT2D eigenvalue weighted by Crippen LogP contribution is -2.02. The summed E-state index contributed by atoms with van der Waals surface area (Å²) < 4.78 is 13.6. The maximum absolute atomic E-state index is 13.0. The van der Waals surface area contributed by atoms with Crippen LogP contribution in [0.15, 0.2) is 34.3 Å². The lowest BCUT2D eigenvalue weighted by Gasteiger charge is -2.16. The molecule has 92 valence electrons. The molecular weight excluding hydrogens is 283 g/mol. The Labute approximate surface area is 109 Å². The third kappa shape index (κ3) is 3.17. The van der Waals surface area contributed by atoms with E-state index in [-0.39, 0.29) is 5.82 Å². The fourth-order valence-corrected chi connectivity index (χ4v) is 2.78. The van der Waals surface area contributed by atoms with E-state index in [9.17, 15) is 9.50 Å². The standard InChI is InChI=1S/C14H16BrFO/c15-13-9-11(16)7-8-12(13)14(17)10-5-3-1-2-4-6-10/h5,7-9,14,17H,1-4,6H2. The Balaban J connectivity index is 2.23. The minimum absolute atomic E-state index is 0.289. The van der Waals surface area contributed by atoms with Crippen LogP contribution in [0.5, 0.6) is 0 Å². The van der Waals surface area contributed by atoms with Gasteiger partial charge in [-0.2, -0.15) is 0 Å². The minimum atomic E-state index is -0.608. The largest absolute Gasteiger partial charge is 0.384 e. The van der Waals surface area contributed by atoms with Crippen molar-refractivity contribution in [2.75, 3.05) is 0 Å². The smallest absolute Gasteiger partial charge is 0.124 e. The average Bonchev–Trinajstić information content (AvgIpc) is 2.56. The van der Waals surface area contributed by atoms with Gasteiger partial charge in [0.15, 0.2) is 0 Å². The van der Waals surface area contributed by atoms with E-state index in [2.05, 4.69) is 22.0 Å². The van der Waals surface area contributed by atoms with Gasteiger partial charge in [-0.05, 0) is 49.0 Å². The van der Waals surface area contributed by atoms with Gasteiger partial charge in [0.05, 0.1) is 0 Å². The van der Waals surface area contributed by atoms with E-state index in [1.54, 1.807) is 6.07 Å². The summed E-state index contributed by atoms with van der Waals surface area (Å²) in [7, 11) is 0. The van der Waals surface area contributed by atoms with Crippen LogP contribution in [0.25, 0.3) is 0 Å². The number of aliphatic hydroxyl groups excluding tert-OH is 1. The zero-order chi connectivity index (χ0) is 12.3. The highest BCUT2D eigenvalue weighted by molar-refractivity contribution is 9.10. The molecule has 0 radical (unpaired) electrons. The topological polar surface area (TPSA) is 20.2 Å². The van der Waals surface area contributed by atoms with E-state index >= 15 is 0 Å². The summed E-state index contributed by atoms with van der Waals surface area (Å²) in [4.78, 5) is 0. The van der Waals surface area contributed by atoms with Gasteiger partial charge in [0, 0.05) is 4.47 Å². The zero-order valence-electron chi connectivity index (χ0n) is 9.63. The lowest BCUT2D eigenvalue weighted by molar-refractivity contribution is 0.210. The molecule has 0 saturated heterocycles. The Morgan fingerprint density at radius 3 is 2.82 bits per heavy atom. The van der Waals surface area contributed by atoms with E-state index in [0.717, 1.165) is 30.4 Å². The van der Waals surface area contributed by atoms with Crippen LogP contribution < -0.4 is 0 Å². The van der Waals surface area contributed by atoms with Gasteiger partial charge in [-0.25, -0.2) is 4.39 Å². The van der Waals surface area contributed by atoms with Gasteiger partial charge in [-0.1, -0.05) is 34.5 Å². The van der Waals surface area contributed by atoms with Gasteiger partial charge in [0.1, 0.15) is 11.9 Å². The van der Waals surface area contributed by atoms with E-state index in [0.29, 0.717) is 4.47 Å². The van der Waals surface area contributed by atoms with Crippen LogP contribution in [0.3, 0.4) is 0 Å². The second kappa shape index (κ2) is 5.78. The summed E-state index contributed by atoms with van der Waals surface area (Å²) in [6, 6.07) is 4.44. The van der Waals surface area contributed by atoms with Crippen molar-refractivity contribution in [2.24, 2.45) is 0 Å². The molecule has 0 saturated carbocycles. The summed E-state index contributed by atoms with van der Waals surface area (Å²) in [5.41, 5.74) is 1.81. The normalized spacial score (nSPS) is 18.4. The van der Waals surface area contributed by atoms with Crippen LogP contribution >= 0.6 is 15.9 Å². The second-order valence-corrected chi connectivity index (χ2v) is 5.30. The van der Waals surface area contributed by atoms with Gasteiger partial charge >= 0.3 is 0 Å². The summed E-state index contributed by atoms with van der Waals surface area (Å²) in [5.74, 6) is -0.289. The monoisotopic (exact) mass is 298 g/mol. The fourth-order valence-electron chi connectivity index (χ4n) is 2.21. The molecule has 1 atom stereocenters. The van der Waals surface area contributed by atoms with Gasteiger partial charge in [-0.3, -0.25) is 0 Å². The number of allylic oxidation sites excluding steroid dienone is 1. The second-order valence-electron chi connectivity index (χ2n) is 4.45. The Hall–Kier alpha value is -0.670. The molecule has 0 aliphatic heterocycles. The number of halogens is 2. The molecule has 0 heterocycles. The molecule has 1 aromatic carbocycles. The maximum atomic E-state index is 13.0. The molecule has 2 rings (SSSR count). The molecule has 3 heteroatoms. The van der Waals surface area contributed by atoms with Crippen LogP contribution in [0.1, 0.15) is 43.8 Å². The van der Waals surface area contributed by atoms with Crippen LogP contribution in [-0.2, 0) is 0 Å². The van der Waals surface area contributed by atoms with Crippen molar-refractivity contribution in [3.63, 3.8) is 0 Å². The Bertz CT molecular complexity index is 428. The molecule has 1 aliphatic carbocycles. The van der Waals surface area contributed by atoms with Crippen molar-refractivity contribution in [1.82, 2.24) is 0 Å². The SMILES string of the molecule is OC(C1=CCCCCC1)c1ccc(F)cc1Br. The number of hydrogen-bond acceptors (Lipinski definition) is 1. The Morgan fingerprint density at radius 1 is 1.24 bits per heavy atom. The number of benzene rings is 1. The molecule has 1 nitrogen and oxygen atoms in total. The summed E-state index contributed by atoms with van der Waals surface area (Å²) >= 11 is 3.31. The highest BCUT2D eigenvalue weighted by atomic mass is 79.9. The fraction of sp³-hybridized carbons (Fsp3) is 0.429. The van der Waals surface area contributed by atoms with E-state index < -0.39 is 6.10 Å². The average molecular weight is 299 g/mol. The summed E-state index contributed by atoms with van der Waals surface area (Å²) in [6.45, 7) is 0. The van der Waals surface area contributed by atoms with Crippen LogP contribution in [0, 0.1) is 5.82 Å². The molecule has 1 N–H and O–H groups in total.